The molecule has 8 heteroatoms. The number of halogens is 2. The number of hydrogen-bond donors (Lipinski definition) is 2. The summed E-state index contributed by atoms with van der Waals surface area (Å²) in [7, 11) is 0. The summed E-state index contributed by atoms with van der Waals surface area (Å²) in [4.78, 5) is 21.6. The molecule has 0 aliphatic heterocycles. The minimum atomic E-state index is -0.332. The molecule has 2 aromatic heterocycles. The number of nitrogens with one attached hydrogen (secondary N) is 1. The number of anilines is 2. The molecular weight excluding hydrogens is 376 g/mol. The van der Waals surface area contributed by atoms with Crippen molar-refractivity contribution < 1.29 is 4.79 Å². The number of thiophene rings is 1. The van der Waals surface area contributed by atoms with E-state index in [4.69, 9.17) is 17.3 Å². The van der Waals surface area contributed by atoms with Crippen molar-refractivity contribution in [3.63, 3.8) is 0 Å². The van der Waals surface area contributed by atoms with Crippen LogP contribution in [0.15, 0.2) is 35.1 Å². The van der Waals surface area contributed by atoms with E-state index in [-0.39, 0.29) is 5.91 Å². The molecule has 0 fully saturated rings. The summed E-state index contributed by atoms with van der Waals surface area (Å²) in [5, 5.41) is 3.18. The van der Waals surface area contributed by atoms with E-state index < -0.39 is 0 Å². The molecule has 3 rings (SSSR count). The van der Waals surface area contributed by atoms with Crippen LogP contribution >= 0.6 is 38.9 Å². The summed E-state index contributed by atoms with van der Waals surface area (Å²) >= 11 is 10.6. The maximum atomic E-state index is 12.3. The molecule has 0 radical (unpaired) electrons. The average molecular weight is 384 g/mol. The van der Waals surface area contributed by atoms with Crippen molar-refractivity contribution in [3.05, 3.63) is 45.0 Å². The fourth-order valence-corrected chi connectivity index (χ4v) is 3.42. The van der Waals surface area contributed by atoms with E-state index in [1.165, 1.54) is 11.3 Å². The molecule has 0 unspecified atom stereocenters. The molecule has 106 valence electrons. The Hall–Kier alpha value is -1.70. The SMILES string of the molecule is Nc1c(C(=O)Nc2ccc(Br)cc2Cl)sc2nccnc12. The number of benzene rings is 1. The highest BCUT2D eigenvalue weighted by Gasteiger charge is 2.18. The van der Waals surface area contributed by atoms with Gasteiger partial charge in [0.2, 0.25) is 0 Å². The van der Waals surface area contributed by atoms with Gasteiger partial charge < -0.3 is 11.1 Å². The highest BCUT2D eigenvalue weighted by Crippen LogP contribution is 2.32. The average Bonchev–Trinajstić information content (AvgIpc) is 2.80. The monoisotopic (exact) mass is 382 g/mol. The third kappa shape index (κ3) is 2.72. The van der Waals surface area contributed by atoms with Crippen molar-refractivity contribution in [2.24, 2.45) is 0 Å². The first-order valence-electron chi connectivity index (χ1n) is 5.81. The van der Waals surface area contributed by atoms with Crippen molar-refractivity contribution >= 4 is 66.5 Å². The van der Waals surface area contributed by atoms with Crippen LogP contribution in [0.1, 0.15) is 9.67 Å². The van der Waals surface area contributed by atoms with Gasteiger partial charge in [-0.3, -0.25) is 4.79 Å². The number of amides is 1. The molecule has 5 nitrogen and oxygen atoms in total. The molecule has 0 bridgehead atoms. The van der Waals surface area contributed by atoms with Gasteiger partial charge in [0.25, 0.3) is 5.91 Å². The highest BCUT2D eigenvalue weighted by molar-refractivity contribution is 9.10. The zero-order valence-electron chi connectivity index (χ0n) is 10.4. The van der Waals surface area contributed by atoms with Crippen LogP contribution in [0.3, 0.4) is 0 Å². The number of nitrogens with two attached hydrogens (primary N) is 1. The normalized spacial score (nSPS) is 10.8. The fourth-order valence-electron chi connectivity index (χ4n) is 1.78. The van der Waals surface area contributed by atoms with E-state index in [2.05, 4.69) is 31.2 Å². The Kier molecular flexibility index (Phi) is 3.79. The van der Waals surface area contributed by atoms with Gasteiger partial charge in [-0.2, -0.15) is 0 Å². The van der Waals surface area contributed by atoms with E-state index in [0.717, 1.165) is 4.47 Å². The number of aromatic nitrogens is 2. The van der Waals surface area contributed by atoms with Crippen LogP contribution in [0.5, 0.6) is 0 Å². The van der Waals surface area contributed by atoms with Crippen molar-refractivity contribution in [1.29, 1.82) is 0 Å². The molecule has 21 heavy (non-hydrogen) atoms. The van der Waals surface area contributed by atoms with Gasteiger partial charge in [-0.1, -0.05) is 27.5 Å². The first kappa shape index (κ1) is 14.2. The maximum absolute atomic E-state index is 12.3. The van der Waals surface area contributed by atoms with E-state index in [0.29, 0.717) is 31.6 Å². The van der Waals surface area contributed by atoms with E-state index in [1.54, 1.807) is 30.6 Å². The predicted molar refractivity (Wildman–Crippen MR) is 88.9 cm³/mol. The Morgan fingerprint density at radius 2 is 2.10 bits per heavy atom. The van der Waals surface area contributed by atoms with Crippen LogP contribution < -0.4 is 11.1 Å². The molecule has 0 saturated carbocycles. The summed E-state index contributed by atoms with van der Waals surface area (Å²) in [5.41, 5.74) is 7.34. The van der Waals surface area contributed by atoms with Crippen LogP contribution in [0, 0.1) is 0 Å². The van der Waals surface area contributed by atoms with Gasteiger partial charge in [-0.25, -0.2) is 9.97 Å². The van der Waals surface area contributed by atoms with Crippen LogP contribution in [-0.2, 0) is 0 Å². The lowest BCUT2D eigenvalue weighted by Crippen LogP contribution is -2.12. The third-order valence-electron chi connectivity index (χ3n) is 2.75. The van der Waals surface area contributed by atoms with Crippen LogP contribution in [-0.4, -0.2) is 15.9 Å². The van der Waals surface area contributed by atoms with Crippen molar-refractivity contribution in [2.75, 3.05) is 11.1 Å². The van der Waals surface area contributed by atoms with Gasteiger partial charge in [-0.15, -0.1) is 11.3 Å². The summed E-state index contributed by atoms with van der Waals surface area (Å²) in [6.45, 7) is 0. The van der Waals surface area contributed by atoms with Crippen LogP contribution in [0.4, 0.5) is 11.4 Å². The molecule has 3 N–H and O–H groups in total. The van der Waals surface area contributed by atoms with Gasteiger partial charge in [-0.05, 0) is 18.2 Å². The lowest BCUT2D eigenvalue weighted by Gasteiger charge is -2.06. The third-order valence-corrected chi connectivity index (χ3v) is 4.66. The molecular formula is C13H8BrClN4OS. The second-order valence-electron chi connectivity index (χ2n) is 4.13. The minimum Gasteiger partial charge on any atom is -0.396 e. The molecule has 2 heterocycles. The summed E-state index contributed by atoms with van der Waals surface area (Å²) < 4.78 is 0.834. The van der Waals surface area contributed by atoms with Gasteiger partial charge in [0.05, 0.1) is 16.4 Å². The number of carbonyl (C=O) groups is 1. The van der Waals surface area contributed by atoms with Crippen LogP contribution in [0.25, 0.3) is 10.3 Å². The van der Waals surface area contributed by atoms with Crippen LogP contribution in [0.2, 0.25) is 5.02 Å². The topological polar surface area (TPSA) is 80.9 Å². The number of fused-ring (bicyclic) bond motifs is 1. The Bertz CT molecular complexity index is 851. The van der Waals surface area contributed by atoms with Gasteiger partial charge in [0.1, 0.15) is 15.2 Å². The summed E-state index contributed by atoms with van der Waals surface area (Å²) in [6.07, 6.45) is 3.10. The predicted octanol–water partition coefficient (Wildman–Crippen LogP) is 3.94. The smallest absolute Gasteiger partial charge is 0.268 e. The van der Waals surface area contributed by atoms with Gasteiger partial charge >= 0.3 is 0 Å². The van der Waals surface area contributed by atoms with Gasteiger partial charge in [0, 0.05) is 16.9 Å². The Labute approximate surface area is 137 Å². The van der Waals surface area contributed by atoms with Gasteiger partial charge in [0.15, 0.2) is 0 Å². The minimum absolute atomic E-state index is 0.328. The number of carbonyl (C=O) groups excluding carboxylic acids is 1. The molecule has 1 amide bonds. The summed E-state index contributed by atoms with van der Waals surface area (Å²) in [5.74, 6) is -0.332. The molecule has 0 aliphatic rings. The standard InChI is InChI=1S/C13H8BrClN4OS/c14-6-1-2-8(7(15)5-6)19-12(20)11-9(16)10-13(21-11)18-4-3-17-10/h1-5H,16H2,(H,19,20). The lowest BCUT2D eigenvalue weighted by atomic mass is 10.3. The number of hydrogen-bond acceptors (Lipinski definition) is 5. The second kappa shape index (κ2) is 5.59. The Morgan fingerprint density at radius 3 is 2.81 bits per heavy atom. The second-order valence-corrected chi connectivity index (χ2v) is 6.46. The van der Waals surface area contributed by atoms with E-state index in [9.17, 15) is 4.79 Å². The Balaban J connectivity index is 1.95. The molecule has 0 spiro atoms. The first-order valence-corrected chi connectivity index (χ1v) is 7.80. The molecule has 3 aromatic rings. The fraction of sp³-hybridized carbons (Fsp3) is 0. The number of nitrogens with zero attached hydrogens (tertiary/aromatic N) is 2. The van der Waals surface area contributed by atoms with Crippen molar-refractivity contribution in [2.45, 2.75) is 0 Å². The van der Waals surface area contributed by atoms with Crippen molar-refractivity contribution in [1.82, 2.24) is 9.97 Å². The van der Waals surface area contributed by atoms with Crippen molar-refractivity contribution in [3.8, 4) is 0 Å². The highest BCUT2D eigenvalue weighted by atomic mass is 79.9. The summed E-state index contributed by atoms with van der Waals surface area (Å²) in [6, 6.07) is 5.21. The largest absolute Gasteiger partial charge is 0.396 e. The van der Waals surface area contributed by atoms with E-state index in [1.807, 2.05) is 0 Å². The molecule has 0 saturated heterocycles. The first-order chi connectivity index (χ1) is 10.1. The van der Waals surface area contributed by atoms with E-state index >= 15 is 0 Å². The Morgan fingerprint density at radius 1 is 1.33 bits per heavy atom. The zero-order chi connectivity index (χ0) is 15.0. The molecule has 0 atom stereocenters. The molecule has 1 aromatic carbocycles. The zero-order valence-corrected chi connectivity index (χ0v) is 13.6. The number of rotatable bonds is 2. The molecule has 0 aliphatic carbocycles. The quantitative estimate of drug-likeness (QED) is 0.702. The number of nitrogen functional groups attached to an aromatic ring is 1. The maximum Gasteiger partial charge on any atom is 0.268 e. The lowest BCUT2D eigenvalue weighted by molar-refractivity contribution is 0.103.